The Hall–Kier alpha value is -1.07. The van der Waals surface area contributed by atoms with E-state index in [2.05, 4.69) is 10.0 Å². The third kappa shape index (κ3) is 2.33. The van der Waals surface area contributed by atoms with Crippen LogP contribution in [0.25, 0.3) is 0 Å². The average molecular weight is 292 g/mol. The van der Waals surface area contributed by atoms with Crippen LogP contribution in [-0.4, -0.2) is 21.0 Å². The molecule has 0 unspecified atom stereocenters. The van der Waals surface area contributed by atoms with Crippen LogP contribution < -0.4 is 10.0 Å². The largest absolute Gasteiger partial charge is 0.384 e. The fraction of sp³-hybridized carbons (Fsp3) is 0.600. The Labute approximate surface area is 120 Å². The summed E-state index contributed by atoms with van der Waals surface area (Å²) in [7, 11) is -3.37. The molecular formula is C15H20N2O2S. The van der Waals surface area contributed by atoms with E-state index in [1.54, 1.807) is 6.07 Å². The zero-order chi connectivity index (χ0) is 13.7. The number of fused-ring (bicyclic) bond motifs is 1. The smallest absolute Gasteiger partial charge is 0.240 e. The van der Waals surface area contributed by atoms with Crippen molar-refractivity contribution in [1.82, 2.24) is 4.72 Å². The van der Waals surface area contributed by atoms with Gasteiger partial charge in [-0.05, 0) is 67.7 Å². The topological polar surface area (TPSA) is 58.2 Å². The molecule has 3 aliphatic rings. The zero-order valence-electron chi connectivity index (χ0n) is 11.4. The van der Waals surface area contributed by atoms with Crippen molar-refractivity contribution in [2.75, 3.05) is 11.9 Å². The second kappa shape index (κ2) is 4.46. The summed E-state index contributed by atoms with van der Waals surface area (Å²) < 4.78 is 28.1. The Morgan fingerprint density at radius 2 is 1.85 bits per heavy atom. The van der Waals surface area contributed by atoms with Crippen LogP contribution in [-0.2, 0) is 16.4 Å². The van der Waals surface area contributed by atoms with Gasteiger partial charge in [-0.1, -0.05) is 0 Å². The summed E-state index contributed by atoms with van der Waals surface area (Å²) in [5.74, 6) is 1.15. The molecule has 4 rings (SSSR count). The van der Waals surface area contributed by atoms with Gasteiger partial charge >= 0.3 is 0 Å². The molecule has 0 aromatic heterocycles. The van der Waals surface area contributed by atoms with Crippen LogP contribution in [0.4, 0.5) is 5.69 Å². The first kappa shape index (κ1) is 12.7. The molecule has 0 saturated heterocycles. The molecule has 20 heavy (non-hydrogen) atoms. The van der Waals surface area contributed by atoms with Crippen LogP contribution in [0.15, 0.2) is 23.1 Å². The van der Waals surface area contributed by atoms with E-state index in [4.69, 9.17) is 0 Å². The predicted molar refractivity (Wildman–Crippen MR) is 78.2 cm³/mol. The highest BCUT2D eigenvalue weighted by atomic mass is 32.2. The van der Waals surface area contributed by atoms with Crippen LogP contribution in [0.1, 0.15) is 31.2 Å². The van der Waals surface area contributed by atoms with Gasteiger partial charge in [0.25, 0.3) is 0 Å². The molecule has 2 N–H and O–H groups in total. The number of sulfonamides is 1. The Kier molecular flexibility index (Phi) is 2.82. The first-order valence-corrected chi connectivity index (χ1v) is 9.01. The molecule has 2 saturated carbocycles. The number of hydrogen-bond acceptors (Lipinski definition) is 3. The van der Waals surface area contributed by atoms with Crippen molar-refractivity contribution in [3.8, 4) is 0 Å². The molecule has 0 amide bonds. The van der Waals surface area contributed by atoms with Gasteiger partial charge in [0, 0.05) is 18.3 Å². The van der Waals surface area contributed by atoms with Gasteiger partial charge < -0.3 is 5.32 Å². The van der Waals surface area contributed by atoms with Crippen molar-refractivity contribution in [2.24, 2.45) is 11.8 Å². The van der Waals surface area contributed by atoms with Crippen molar-refractivity contribution in [3.63, 3.8) is 0 Å². The Bertz CT molecular complexity index is 621. The standard InChI is InChI=1S/C15H20N2O2S/c18-20(19,17-15(10-1-2-10)11-3-4-11)13-5-6-14-12(9-13)7-8-16-14/h5-6,9-11,15-17H,1-4,7-8H2. The van der Waals surface area contributed by atoms with Crippen molar-refractivity contribution >= 4 is 15.7 Å². The number of nitrogens with one attached hydrogen (secondary N) is 2. The van der Waals surface area contributed by atoms with Gasteiger partial charge in [0.1, 0.15) is 0 Å². The fourth-order valence-corrected chi connectivity index (χ4v) is 4.61. The lowest BCUT2D eigenvalue weighted by Gasteiger charge is -2.18. The van der Waals surface area contributed by atoms with Gasteiger partial charge in [-0.3, -0.25) is 0 Å². The molecule has 1 aliphatic heterocycles. The zero-order valence-corrected chi connectivity index (χ0v) is 12.2. The normalized spacial score (nSPS) is 21.9. The molecule has 4 nitrogen and oxygen atoms in total. The highest BCUT2D eigenvalue weighted by molar-refractivity contribution is 7.89. The minimum atomic E-state index is -3.37. The van der Waals surface area contributed by atoms with E-state index in [0.717, 1.165) is 24.2 Å². The third-order valence-electron chi connectivity index (χ3n) is 4.65. The molecular weight excluding hydrogens is 272 g/mol. The van der Waals surface area contributed by atoms with E-state index in [1.165, 1.54) is 25.7 Å². The third-order valence-corrected chi connectivity index (χ3v) is 6.10. The van der Waals surface area contributed by atoms with Crippen LogP contribution in [0.3, 0.4) is 0 Å². The molecule has 108 valence electrons. The summed E-state index contributed by atoms with van der Waals surface area (Å²) in [6.07, 6.45) is 5.62. The lowest BCUT2D eigenvalue weighted by Crippen LogP contribution is -2.38. The summed E-state index contributed by atoms with van der Waals surface area (Å²) in [4.78, 5) is 0.422. The monoisotopic (exact) mass is 292 g/mol. The molecule has 0 radical (unpaired) electrons. The molecule has 2 aliphatic carbocycles. The minimum absolute atomic E-state index is 0.173. The summed E-state index contributed by atoms with van der Waals surface area (Å²) in [5, 5.41) is 3.26. The van der Waals surface area contributed by atoms with E-state index >= 15 is 0 Å². The van der Waals surface area contributed by atoms with E-state index < -0.39 is 10.0 Å². The molecule has 2 fully saturated rings. The van der Waals surface area contributed by atoms with E-state index in [9.17, 15) is 8.42 Å². The summed E-state index contributed by atoms with van der Waals surface area (Å²) in [6.45, 7) is 0.902. The second-order valence-corrected chi connectivity index (χ2v) is 8.03. The highest BCUT2D eigenvalue weighted by Gasteiger charge is 2.43. The summed E-state index contributed by atoms with van der Waals surface area (Å²) >= 11 is 0. The van der Waals surface area contributed by atoms with E-state index in [1.807, 2.05) is 12.1 Å². The first-order valence-electron chi connectivity index (χ1n) is 7.53. The molecule has 1 aromatic carbocycles. The van der Waals surface area contributed by atoms with Gasteiger partial charge in [0.15, 0.2) is 0 Å². The average Bonchev–Trinajstić information content (AvgIpc) is 3.33. The van der Waals surface area contributed by atoms with Crippen LogP contribution in [0.5, 0.6) is 0 Å². The SMILES string of the molecule is O=S(=O)(NC(C1CC1)C1CC1)c1ccc2c(c1)CCN2. The van der Waals surface area contributed by atoms with Gasteiger partial charge in [-0.2, -0.15) is 0 Å². The quantitative estimate of drug-likeness (QED) is 0.874. The van der Waals surface area contributed by atoms with Gasteiger partial charge in [0.2, 0.25) is 10.0 Å². The maximum atomic E-state index is 12.6. The molecule has 5 heteroatoms. The number of hydrogen-bond donors (Lipinski definition) is 2. The Morgan fingerprint density at radius 3 is 2.50 bits per heavy atom. The van der Waals surface area contributed by atoms with Crippen molar-refractivity contribution in [2.45, 2.75) is 43.0 Å². The van der Waals surface area contributed by atoms with Gasteiger partial charge in [0.05, 0.1) is 4.90 Å². The van der Waals surface area contributed by atoms with Gasteiger partial charge in [-0.25, -0.2) is 13.1 Å². The van der Waals surface area contributed by atoms with Crippen molar-refractivity contribution < 1.29 is 8.42 Å². The van der Waals surface area contributed by atoms with Crippen molar-refractivity contribution in [3.05, 3.63) is 23.8 Å². The van der Waals surface area contributed by atoms with Crippen LogP contribution >= 0.6 is 0 Å². The maximum Gasteiger partial charge on any atom is 0.240 e. The Morgan fingerprint density at radius 1 is 1.15 bits per heavy atom. The number of anilines is 1. The molecule has 1 heterocycles. The van der Waals surface area contributed by atoms with Crippen molar-refractivity contribution in [1.29, 1.82) is 0 Å². The summed E-state index contributed by atoms with van der Waals surface area (Å²) in [5.41, 5.74) is 2.19. The molecule has 0 spiro atoms. The van der Waals surface area contributed by atoms with E-state index in [-0.39, 0.29) is 6.04 Å². The summed E-state index contributed by atoms with van der Waals surface area (Å²) in [6, 6.07) is 5.61. The molecule has 0 atom stereocenters. The number of rotatable bonds is 5. The fourth-order valence-electron chi connectivity index (χ4n) is 3.18. The molecule has 1 aromatic rings. The number of benzene rings is 1. The minimum Gasteiger partial charge on any atom is -0.384 e. The second-order valence-electron chi connectivity index (χ2n) is 6.32. The Balaban J connectivity index is 1.59. The van der Waals surface area contributed by atoms with Crippen LogP contribution in [0.2, 0.25) is 0 Å². The lowest BCUT2D eigenvalue weighted by molar-refractivity contribution is 0.471. The van der Waals surface area contributed by atoms with Gasteiger partial charge in [-0.15, -0.1) is 0 Å². The molecule has 0 bridgehead atoms. The highest BCUT2D eigenvalue weighted by Crippen LogP contribution is 2.45. The predicted octanol–water partition coefficient (Wildman–Crippen LogP) is 2.12. The van der Waals surface area contributed by atoms with E-state index in [0.29, 0.717) is 16.7 Å². The first-order chi connectivity index (χ1) is 9.63. The maximum absolute atomic E-state index is 12.6. The lowest BCUT2D eigenvalue weighted by atomic mass is 10.1. The van der Waals surface area contributed by atoms with Crippen LogP contribution in [0, 0.1) is 11.8 Å².